The normalized spacial score (nSPS) is 15.7. The highest BCUT2D eigenvalue weighted by molar-refractivity contribution is 5.79. The Morgan fingerprint density at radius 2 is 1.80 bits per heavy atom. The van der Waals surface area contributed by atoms with Gasteiger partial charge in [-0.05, 0) is 30.3 Å². The molecule has 0 atom stereocenters. The average molecular weight is 274 g/mol. The lowest BCUT2D eigenvalue weighted by atomic mass is 10.2. The second-order valence-electron chi connectivity index (χ2n) is 4.43. The topological polar surface area (TPSA) is 47.1 Å². The highest BCUT2D eigenvalue weighted by atomic mass is 19.3. The van der Waals surface area contributed by atoms with Crippen molar-refractivity contribution in [2.45, 2.75) is 6.29 Å². The summed E-state index contributed by atoms with van der Waals surface area (Å²) in [6.45, 7) is 0. The molecule has 3 aromatic rings. The van der Waals surface area contributed by atoms with Gasteiger partial charge in [0.15, 0.2) is 11.5 Å². The molecule has 0 aliphatic carbocycles. The summed E-state index contributed by atoms with van der Waals surface area (Å²) in [5.41, 5.74) is 2.34. The van der Waals surface area contributed by atoms with Crippen molar-refractivity contribution in [1.82, 2.24) is 9.97 Å². The van der Waals surface area contributed by atoms with Gasteiger partial charge in [0.1, 0.15) is 5.82 Å². The maximum absolute atomic E-state index is 13.0. The minimum Gasteiger partial charge on any atom is -0.395 e. The number of H-pyrrole nitrogens is 1. The smallest absolute Gasteiger partial charge is 0.395 e. The number of hydrogen-bond donors (Lipinski definition) is 1. The lowest BCUT2D eigenvalue weighted by Crippen LogP contribution is -2.25. The zero-order valence-corrected chi connectivity index (χ0v) is 10.1. The fourth-order valence-corrected chi connectivity index (χ4v) is 2.19. The second kappa shape index (κ2) is 3.69. The van der Waals surface area contributed by atoms with E-state index in [1.165, 1.54) is 12.1 Å². The Labute approximate surface area is 112 Å². The fraction of sp³-hybridized carbons (Fsp3) is 0.0714. The van der Waals surface area contributed by atoms with Gasteiger partial charge < -0.3 is 14.5 Å². The molecule has 0 fully saturated rings. The molecule has 1 aromatic heterocycles. The van der Waals surface area contributed by atoms with Crippen LogP contribution in [0.3, 0.4) is 0 Å². The summed E-state index contributed by atoms with van der Waals surface area (Å²) in [6.07, 6.45) is -3.60. The molecule has 1 N–H and O–H groups in total. The summed E-state index contributed by atoms with van der Waals surface area (Å²) in [4.78, 5) is 7.53. The summed E-state index contributed by atoms with van der Waals surface area (Å²) in [5.74, 6) is 0.621. The summed E-state index contributed by atoms with van der Waals surface area (Å²) in [6, 6.07) is 12.1. The third-order valence-corrected chi connectivity index (χ3v) is 3.06. The SMILES string of the molecule is FC1(F)Oc2ccc(-c3nc4ccccc4[nH]3)cc2O1. The molecule has 100 valence electrons. The van der Waals surface area contributed by atoms with Gasteiger partial charge in [-0.3, -0.25) is 0 Å². The van der Waals surface area contributed by atoms with Crippen molar-refractivity contribution < 1.29 is 18.3 Å². The molecule has 20 heavy (non-hydrogen) atoms. The molecule has 0 saturated carbocycles. The van der Waals surface area contributed by atoms with Crippen LogP contribution in [-0.4, -0.2) is 16.3 Å². The number of fused-ring (bicyclic) bond motifs is 2. The van der Waals surface area contributed by atoms with Gasteiger partial charge in [0.05, 0.1) is 11.0 Å². The van der Waals surface area contributed by atoms with E-state index in [9.17, 15) is 8.78 Å². The van der Waals surface area contributed by atoms with Crippen molar-refractivity contribution in [2.75, 3.05) is 0 Å². The Bertz CT molecular complexity index is 781. The Morgan fingerprint density at radius 3 is 2.65 bits per heavy atom. The van der Waals surface area contributed by atoms with Crippen LogP contribution >= 0.6 is 0 Å². The fourth-order valence-electron chi connectivity index (χ4n) is 2.19. The van der Waals surface area contributed by atoms with E-state index < -0.39 is 6.29 Å². The van der Waals surface area contributed by atoms with Crippen LogP contribution in [0.25, 0.3) is 22.4 Å². The third-order valence-electron chi connectivity index (χ3n) is 3.06. The van der Waals surface area contributed by atoms with Gasteiger partial charge in [0.25, 0.3) is 0 Å². The van der Waals surface area contributed by atoms with Gasteiger partial charge in [-0.25, -0.2) is 4.98 Å². The quantitative estimate of drug-likeness (QED) is 0.738. The predicted octanol–water partition coefficient (Wildman–Crippen LogP) is 3.55. The molecule has 6 heteroatoms. The molecular weight excluding hydrogens is 266 g/mol. The molecule has 0 saturated heterocycles. The monoisotopic (exact) mass is 274 g/mol. The lowest BCUT2D eigenvalue weighted by molar-refractivity contribution is -0.286. The first-order valence-corrected chi connectivity index (χ1v) is 5.96. The predicted molar refractivity (Wildman–Crippen MR) is 67.7 cm³/mol. The molecule has 2 heterocycles. The first-order valence-electron chi connectivity index (χ1n) is 5.96. The minimum atomic E-state index is -3.60. The van der Waals surface area contributed by atoms with Crippen LogP contribution in [-0.2, 0) is 0 Å². The van der Waals surface area contributed by atoms with Gasteiger partial charge >= 0.3 is 6.29 Å². The summed E-state index contributed by atoms with van der Waals surface area (Å²) in [5, 5.41) is 0. The van der Waals surface area contributed by atoms with Crippen molar-refractivity contribution in [2.24, 2.45) is 0 Å². The van der Waals surface area contributed by atoms with E-state index in [2.05, 4.69) is 19.4 Å². The van der Waals surface area contributed by atoms with Crippen LogP contribution in [0.5, 0.6) is 11.5 Å². The van der Waals surface area contributed by atoms with Crippen LogP contribution in [0.2, 0.25) is 0 Å². The number of aromatic amines is 1. The number of imidazole rings is 1. The number of rotatable bonds is 1. The summed E-state index contributed by atoms with van der Waals surface area (Å²) < 4.78 is 34.7. The first-order chi connectivity index (χ1) is 9.61. The van der Waals surface area contributed by atoms with Gasteiger partial charge in [0, 0.05) is 5.56 Å². The largest absolute Gasteiger partial charge is 0.586 e. The third kappa shape index (κ3) is 1.69. The maximum atomic E-state index is 13.0. The zero-order valence-electron chi connectivity index (χ0n) is 10.1. The van der Waals surface area contributed by atoms with Crippen LogP contribution in [0.1, 0.15) is 0 Å². The average Bonchev–Trinajstić information content (AvgIpc) is 2.96. The highest BCUT2D eigenvalue weighted by Crippen LogP contribution is 2.42. The molecule has 0 unspecified atom stereocenters. The Hall–Kier alpha value is -2.63. The zero-order chi connectivity index (χ0) is 13.7. The van der Waals surface area contributed by atoms with Crippen LogP contribution in [0.15, 0.2) is 42.5 Å². The van der Waals surface area contributed by atoms with E-state index >= 15 is 0 Å². The maximum Gasteiger partial charge on any atom is 0.586 e. The number of ether oxygens (including phenoxy) is 2. The molecule has 2 aromatic carbocycles. The van der Waals surface area contributed by atoms with Crippen molar-refractivity contribution >= 4 is 11.0 Å². The molecular formula is C14H8F2N2O2. The number of alkyl halides is 2. The minimum absolute atomic E-state index is 0.00737. The van der Waals surface area contributed by atoms with E-state index in [-0.39, 0.29) is 11.5 Å². The molecule has 0 spiro atoms. The molecule has 0 amide bonds. The number of aromatic nitrogens is 2. The number of nitrogens with zero attached hydrogens (tertiary/aromatic N) is 1. The molecule has 1 aliphatic rings. The van der Waals surface area contributed by atoms with Crippen molar-refractivity contribution in [3.8, 4) is 22.9 Å². The van der Waals surface area contributed by atoms with Crippen molar-refractivity contribution in [3.63, 3.8) is 0 Å². The van der Waals surface area contributed by atoms with Gasteiger partial charge in [-0.2, -0.15) is 0 Å². The number of para-hydroxylation sites is 2. The van der Waals surface area contributed by atoms with E-state index in [4.69, 9.17) is 0 Å². The summed E-state index contributed by atoms with van der Waals surface area (Å²) in [7, 11) is 0. The van der Waals surface area contributed by atoms with E-state index in [0.717, 1.165) is 11.0 Å². The molecule has 1 aliphatic heterocycles. The number of nitrogens with one attached hydrogen (secondary N) is 1. The van der Waals surface area contributed by atoms with E-state index in [0.29, 0.717) is 11.4 Å². The van der Waals surface area contributed by atoms with Crippen LogP contribution < -0.4 is 9.47 Å². The summed E-state index contributed by atoms with van der Waals surface area (Å²) >= 11 is 0. The number of hydrogen-bond acceptors (Lipinski definition) is 3. The second-order valence-corrected chi connectivity index (χ2v) is 4.43. The van der Waals surface area contributed by atoms with Crippen molar-refractivity contribution in [1.29, 1.82) is 0 Å². The number of benzene rings is 2. The molecule has 4 rings (SSSR count). The molecule has 0 bridgehead atoms. The van der Waals surface area contributed by atoms with Gasteiger partial charge in [-0.15, -0.1) is 8.78 Å². The van der Waals surface area contributed by atoms with E-state index in [1.807, 2.05) is 24.3 Å². The van der Waals surface area contributed by atoms with Crippen LogP contribution in [0, 0.1) is 0 Å². The number of halogens is 2. The van der Waals surface area contributed by atoms with Gasteiger partial charge in [-0.1, -0.05) is 12.1 Å². The molecule has 0 radical (unpaired) electrons. The van der Waals surface area contributed by atoms with Crippen molar-refractivity contribution in [3.05, 3.63) is 42.5 Å². The van der Waals surface area contributed by atoms with Gasteiger partial charge in [0.2, 0.25) is 0 Å². The van der Waals surface area contributed by atoms with Crippen LogP contribution in [0.4, 0.5) is 8.78 Å². The Morgan fingerprint density at radius 1 is 1.00 bits per heavy atom. The lowest BCUT2D eigenvalue weighted by Gasteiger charge is -2.04. The highest BCUT2D eigenvalue weighted by Gasteiger charge is 2.43. The standard InChI is InChI=1S/C14H8F2N2O2/c15-14(16)19-11-6-5-8(7-12(11)20-14)13-17-9-3-1-2-4-10(9)18-13/h1-7H,(H,17,18). The van der Waals surface area contributed by atoms with E-state index in [1.54, 1.807) is 6.07 Å². The first kappa shape index (κ1) is 11.2. The molecule has 4 nitrogen and oxygen atoms in total. The Balaban J connectivity index is 1.80. The Kier molecular flexibility index (Phi) is 2.07.